The molecule has 1 aromatic carbocycles. The van der Waals surface area contributed by atoms with E-state index in [1.807, 2.05) is 24.3 Å². The number of benzene rings is 1. The van der Waals surface area contributed by atoms with E-state index in [4.69, 9.17) is 17.3 Å². The first-order chi connectivity index (χ1) is 8.50. The Kier molecular flexibility index (Phi) is 3.62. The maximum Gasteiger partial charge on any atom is 0.153 e. The predicted octanol–water partition coefficient (Wildman–Crippen LogP) is 4.07. The van der Waals surface area contributed by atoms with Gasteiger partial charge in [0.25, 0.3) is 0 Å². The number of aromatic amines is 1. The Morgan fingerprint density at radius 1 is 1.17 bits per heavy atom. The van der Waals surface area contributed by atoms with Gasteiger partial charge >= 0.3 is 0 Å². The molecule has 0 radical (unpaired) electrons. The lowest BCUT2D eigenvalue weighted by molar-refractivity contribution is 0.523. The highest BCUT2D eigenvalue weighted by molar-refractivity contribution is 6.30. The summed E-state index contributed by atoms with van der Waals surface area (Å²) in [7, 11) is 0. The first kappa shape index (κ1) is 13.0. The summed E-state index contributed by atoms with van der Waals surface area (Å²) in [5.41, 5.74) is 9.10. The minimum absolute atomic E-state index is 0.375. The molecule has 2 aromatic rings. The number of H-pyrrole nitrogens is 1. The van der Waals surface area contributed by atoms with Crippen molar-refractivity contribution in [2.24, 2.45) is 5.92 Å². The fourth-order valence-corrected chi connectivity index (χ4v) is 2.08. The van der Waals surface area contributed by atoms with Crippen LogP contribution in [0.5, 0.6) is 0 Å². The highest BCUT2D eigenvalue weighted by atomic mass is 35.5. The summed E-state index contributed by atoms with van der Waals surface area (Å²) in [4.78, 5) is 0. The molecule has 0 spiro atoms. The largest absolute Gasteiger partial charge is 0.382 e. The Bertz CT molecular complexity index is 528. The molecule has 1 atom stereocenters. The van der Waals surface area contributed by atoms with Crippen molar-refractivity contribution >= 4 is 17.4 Å². The van der Waals surface area contributed by atoms with Crippen LogP contribution in [0.2, 0.25) is 5.02 Å². The molecular weight excluding hydrogens is 246 g/mol. The van der Waals surface area contributed by atoms with Crippen LogP contribution in [0.3, 0.4) is 0 Å². The van der Waals surface area contributed by atoms with Crippen molar-refractivity contribution in [3.63, 3.8) is 0 Å². The van der Waals surface area contributed by atoms with Gasteiger partial charge in [0.05, 0.1) is 0 Å². The van der Waals surface area contributed by atoms with E-state index in [0.717, 1.165) is 21.8 Å². The Morgan fingerprint density at radius 3 is 2.33 bits per heavy atom. The van der Waals surface area contributed by atoms with Gasteiger partial charge in [-0.25, -0.2) is 0 Å². The number of hydrogen-bond acceptors (Lipinski definition) is 2. The average Bonchev–Trinajstić information content (AvgIpc) is 2.71. The van der Waals surface area contributed by atoms with Crippen molar-refractivity contribution in [3.05, 3.63) is 35.0 Å². The van der Waals surface area contributed by atoms with Crippen molar-refractivity contribution in [1.29, 1.82) is 0 Å². The standard InChI is InChI=1S/C14H18ClN3/c1-8(2)9(3)13-12(14(16)18-17-13)10-4-6-11(15)7-5-10/h4-9H,1-3H3,(H3,16,17,18). The molecule has 0 fully saturated rings. The molecule has 1 unspecified atom stereocenters. The van der Waals surface area contributed by atoms with Crippen molar-refractivity contribution in [2.45, 2.75) is 26.7 Å². The monoisotopic (exact) mass is 263 g/mol. The SMILES string of the molecule is CC(C)C(C)c1[nH]nc(N)c1-c1ccc(Cl)cc1. The Labute approximate surface area is 112 Å². The summed E-state index contributed by atoms with van der Waals surface area (Å²) >= 11 is 5.91. The number of anilines is 1. The van der Waals surface area contributed by atoms with Crippen LogP contribution in [0.1, 0.15) is 32.4 Å². The summed E-state index contributed by atoms with van der Waals surface area (Å²) < 4.78 is 0. The number of aromatic nitrogens is 2. The first-order valence-corrected chi connectivity index (χ1v) is 6.48. The molecule has 0 saturated heterocycles. The van der Waals surface area contributed by atoms with E-state index >= 15 is 0 Å². The number of hydrogen-bond donors (Lipinski definition) is 2. The number of nitrogens with two attached hydrogens (primary N) is 1. The molecule has 0 amide bonds. The van der Waals surface area contributed by atoms with Gasteiger partial charge in [0, 0.05) is 22.2 Å². The van der Waals surface area contributed by atoms with Gasteiger partial charge < -0.3 is 5.73 Å². The van der Waals surface area contributed by atoms with Crippen LogP contribution in [0, 0.1) is 5.92 Å². The van der Waals surface area contributed by atoms with Gasteiger partial charge in [-0.05, 0) is 23.6 Å². The fraction of sp³-hybridized carbons (Fsp3) is 0.357. The lowest BCUT2D eigenvalue weighted by Gasteiger charge is -2.16. The molecule has 0 aliphatic carbocycles. The number of halogens is 1. The van der Waals surface area contributed by atoms with Crippen molar-refractivity contribution in [1.82, 2.24) is 10.2 Å². The van der Waals surface area contributed by atoms with E-state index in [0.29, 0.717) is 17.7 Å². The first-order valence-electron chi connectivity index (χ1n) is 6.10. The fourth-order valence-electron chi connectivity index (χ4n) is 1.95. The highest BCUT2D eigenvalue weighted by Gasteiger charge is 2.20. The highest BCUT2D eigenvalue weighted by Crippen LogP contribution is 2.35. The summed E-state index contributed by atoms with van der Waals surface area (Å²) in [5, 5.41) is 7.92. The van der Waals surface area contributed by atoms with Crippen LogP contribution >= 0.6 is 11.6 Å². The van der Waals surface area contributed by atoms with Gasteiger partial charge in [-0.15, -0.1) is 0 Å². The van der Waals surface area contributed by atoms with Gasteiger partial charge in [-0.1, -0.05) is 44.5 Å². The molecule has 18 heavy (non-hydrogen) atoms. The van der Waals surface area contributed by atoms with Gasteiger partial charge in [-0.2, -0.15) is 5.10 Å². The third kappa shape index (κ3) is 2.36. The number of rotatable bonds is 3. The quantitative estimate of drug-likeness (QED) is 0.877. The van der Waals surface area contributed by atoms with E-state index in [9.17, 15) is 0 Å². The molecule has 96 valence electrons. The molecule has 3 nitrogen and oxygen atoms in total. The molecular formula is C14H18ClN3. The summed E-state index contributed by atoms with van der Waals surface area (Å²) in [6, 6.07) is 7.68. The maximum absolute atomic E-state index is 5.97. The Hall–Kier alpha value is -1.48. The maximum atomic E-state index is 5.97. The van der Waals surface area contributed by atoms with Crippen molar-refractivity contribution < 1.29 is 0 Å². The molecule has 0 aliphatic rings. The summed E-state index contributed by atoms with van der Waals surface area (Å²) in [5.74, 6) is 1.44. The smallest absolute Gasteiger partial charge is 0.153 e. The zero-order valence-electron chi connectivity index (χ0n) is 10.9. The van der Waals surface area contributed by atoms with Crippen LogP contribution < -0.4 is 5.73 Å². The molecule has 0 saturated carbocycles. The minimum atomic E-state index is 0.375. The normalized spacial score (nSPS) is 12.9. The Balaban J connectivity index is 2.50. The zero-order chi connectivity index (χ0) is 13.3. The Morgan fingerprint density at radius 2 is 1.78 bits per heavy atom. The van der Waals surface area contributed by atoms with E-state index in [1.165, 1.54) is 0 Å². The predicted molar refractivity (Wildman–Crippen MR) is 76.7 cm³/mol. The van der Waals surface area contributed by atoms with Gasteiger partial charge in [-0.3, -0.25) is 5.10 Å². The minimum Gasteiger partial charge on any atom is -0.382 e. The molecule has 1 aromatic heterocycles. The van der Waals surface area contributed by atoms with Gasteiger partial charge in [0.2, 0.25) is 0 Å². The lowest BCUT2D eigenvalue weighted by atomic mass is 9.90. The number of nitrogen functional groups attached to an aromatic ring is 1. The topological polar surface area (TPSA) is 54.7 Å². The molecule has 0 bridgehead atoms. The third-order valence-electron chi connectivity index (χ3n) is 3.41. The van der Waals surface area contributed by atoms with Crippen LogP contribution in [0.4, 0.5) is 5.82 Å². The summed E-state index contributed by atoms with van der Waals surface area (Å²) in [6.45, 7) is 6.55. The van der Waals surface area contributed by atoms with E-state index in [1.54, 1.807) is 0 Å². The van der Waals surface area contributed by atoms with Crippen LogP contribution in [0.15, 0.2) is 24.3 Å². The molecule has 4 heteroatoms. The van der Waals surface area contributed by atoms with Crippen molar-refractivity contribution in [3.8, 4) is 11.1 Å². The van der Waals surface area contributed by atoms with Crippen LogP contribution in [0.25, 0.3) is 11.1 Å². The van der Waals surface area contributed by atoms with E-state index in [-0.39, 0.29) is 0 Å². The van der Waals surface area contributed by atoms with Gasteiger partial charge in [0.15, 0.2) is 5.82 Å². The van der Waals surface area contributed by atoms with Gasteiger partial charge in [0.1, 0.15) is 0 Å². The second-order valence-electron chi connectivity index (χ2n) is 4.94. The third-order valence-corrected chi connectivity index (χ3v) is 3.66. The number of nitrogens with one attached hydrogen (secondary N) is 1. The summed E-state index contributed by atoms with van der Waals surface area (Å²) in [6.07, 6.45) is 0. The number of nitrogens with zero attached hydrogens (tertiary/aromatic N) is 1. The molecule has 0 aliphatic heterocycles. The average molecular weight is 264 g/mol. The molecule has 2 rings (SSSR count). The molecule has 3 N–H and O–H groups in total. The second kappa shape index (κ2) is 5.02. The second-order valence-corrected chi connectivity index (χ2v) is 5.37. The van der Waals surface area contributed by atoms with Crippen molar-refractivity contribution in [2.75, 3.05) is 5.73 Å². The zero-order valence-corrected chi connectivity index (χ0v) is 11.6. The van der Waals surface area contributed by atoms with Crippen LogP contribution in [-0.2, 0) is 0 Å². The van der Waals surface area contributed by atoms with E-state index < -0.39 is 0 Å². The molecule has 1 heterocycles. The lowest BCUT2D eigenvalue weighted by Crippen LogP contribution is -2.04. The van der Waals surface area contributed by atoms with Crippen LogP contribution in [-0.4, -0.2) is 10.2 Å². The van der Waals surface area contributed by atoms with E-state index in [2.05, 4.69) is 31.0 Å².